The van der Waals surface area contributed by atoms with Gasteiger partial charge in [0, 0.05) is 6.04 Å². The molecule has 5 nitrogen and oxygen atoms in total. The Balaban J connectivity index is 2.12. The maximum Gasteiger partial charge on any atom is 0.313 e. The Labute approximate surface area is 91.9 Å². The molecule has 1 aromatic heterocycles. The number of carboxylic acids is 1. The van der Waals surface area contributed by atoms with E-state index in [1.165, 1.54) is 18.2 Å². The number of rotatable bonds is 4. The largest absolute Gasteiger partial charge is 0.481 e. The predicted octanol–water partition coefficient (Wildman–Crippen LogP) is 1.49. The van der Waals surface area contributed by atoms with E-state index < -0.39 is 5.97 Å². The van der Waals surface area contributed by atoms with Crippen LogP contribution in [0.5, 0.6) is 0 Å². The van der Waals surface area contributed by atoms with E-state index in [1.807, 2.05) is 6.92 Å². The lowest BCUT2D eigenvalue weighted by Gasteiger charge is -2.28. The van der Waals surface area contributed by atoms with Crippen LogP contribution in [-0.4, -0.2) is 31.6 Å². The second-order valence-corrected chi connectivity index (χ2v) is 4.61. The van der Waals surface area contributed by atoms with Crippen LogP contribution in [0.3, 0.4) is 0 Å². The van der Waals surface area contributed by atoms with Gasteiger partial charge in [-0.1, -0.05) is 11.8 Å². The number of aromatic nitrogens is 3. The van der Waals surface area contributed by atoms with Crippen molar-refractivity contribution < 1.29 is 9.90 Å². The minimum absolute atomic E-state index is 0.0465. The van der Waals surface area contributed by atoms with Crippen molar-refractivity contribution in [2.24, 2.45) is 0 Å². The highest BCUT2D eigenvalue weighted by atomic mass is 32.2. The Kier molecular flexibility index (Phi) is 2.95. The lowest BCUT2D eigenvalue weighted by molar-refractivity contribution is -0.133. The van der Waals surface area contributed by atoms with Crippen LogP contribution in [-0.2, 0) is 4.79 Å². The third-order valence-corrected chi connectivity index (χ3v) is 3.53. The zero-order valence-electron chi connectivity index (χ0n) is 8.51. The molecule has 0 unspecified atom stereocenters. The van der Waals surface area contributed by atoms with E-state index in [0.29, 0.717) is 6.04 Å². The average Bonchev–Trinajstić information content (AvgIpc) is 2.43. The maximum absolute atomic E-state index is 10.5. The number of hydrogen-bond acceptors (Lipinski definition) is 4. The van der Waals surface area contributed by atoms with Crippen LogP contribution in [0.1, 0.15) is 31.1 Å². The van der Waals surface area contributed by atoms with Gasteiger partial charge in [-0.25, -0.2) is 0 Å². The standard InChI is InChI=1S/C9H13N3O2S/c1-6-10-11-9(15-5-8(13)14)12(6)7-3-2-4-7/h7H,2-5H2,1H3,(H,13,14). The van der Waals surface area contributed by atoms with E-state index in [-0.39, 0.29) is 5.75 Å². The molecule has 2 rings (SSSR count). The van der Waals surface area contributed by atoms with Gasteiger partial charge >= 0.3 is 5.97 Å². The molecule has 1 aliphatic carbocycles. The van der Waals surface area contributed by atoms with Gasteiger partial charge in [-0.2, -0.15) is 0 Å². The summed E-state index contributed by atoms with van der Waals surface area (Å²) in [6, 6.07) is 0.483. The van der Waals surface area contributed by atoms with Crippen LogP contribution >= 0.6 is 11.8 Å². The fourth-order valence-corrected chi connectivity index (χ4v) is 2.41. The summed E-state index contributed by atoms with van der Waals surface area (Å²) in [4.78, 5) is 10.5. The van der Waals surface area contributed by atoms with Gasteiger partial charge in [0.15, 0.2) is 5.16 Å². The molecule has 0 amide bonds. The van der Waals surface area contributed by atoms with Gasteiger partial charge in [-0.05, 0) is 26.2 Å². The van der Waals surface area contributed by atoms with Crippen LogP contribution in [0, 0.1) is 6.92 Å². The van der Waals surface area contributed by atoms with Crippen molar-refractivity contribution in [1.82, 2.24) is 14.8 Å². The fraction of sp³-hybridized carbons (Fsp3) is 0.667. The molecule has 1 aliphatic rings. The van der Waals surface area contributed by atoms with Gasteiger partial charge in [0.2, 0.25) is 0 Å². The molecular weight excluding hydrogens is 214 g/mol. The molecule has 6 heteroatoms. The third kappa shape index (κ3) is 2.14. The minimum atomic E-state index is -0.819. The molecule has 82 valence electrons. The zero-order valence-corrected chi connectivity index (χ0v) is 9.33. The average molecular weight is 227 g/mol. The van der Waals surface area contributed by atoms with Crippen LogP contribution in [0.4, 0.5) is 0 Å². The molecule has 1 saturated carbocycles. The summed E-state index contributed by atoms with van der Waals surface area (Å²) in [6.45, 7) is 1.91. The Morgan fingerprint density at radius 3 is 2.87 bits per heavy atom. The minimum Gasteiger partial charge on any atom is -0.481 e. The molecule has 1 fully saturated rings. The summed E-state index contributed by atoms with van der Waals surface area (Å²) >= 11 is 1.24. The van der Waals surface area contributed by atoms with Crippen molar-refractivity contribution >= 4 is 17.7 Å². The molecule has 1 heterocycles. The van der Waals surface area contributed by atoms with Gasteiger partial charge in [0.1, 0.15) is 5.82 Å². The molecule has 0 atom stereocenters. The van der Waals surface area contributed by atoms with Crippen LogP contribution in [0.25, 0.3) is 0 Å². The quantitative estimate of drug-likeness (QED) is 0.789. The lowest BCUT2D eigenvalue weighted by Crippen LogP contribution is -2.19. The summed E-state index contributed by atoms with van der Waals surface area (Å²) in [5.41, 5.74) is 0. The number of hydrogen-bond donors (Lipinski definition) is 1. The van der Waals surface area contributed by atoms with Crippen LogP contribution in [0.15, 0.2) is 5.16 Å². The van der Waals surface area contributed by atoms with Crippen molar-refractivity contribution in [3.63, 3.8) is 0 Å². The molecule has 0 saturated heterocycles. The SMILES string of the molecule is Cc1nnc(SCC(=O)O)n1C1CCC1. The first-order valence-electron chi connectivity index (χ1n) is 4.94. The van der Waals surface area contributed by atoms with E-state index in [9.17, 15) is 4.79 Å². The van der Waals surface area contributed by atoms with E-state index in [4.69, 9.17) is 5.11 Å². The first kappa shape index (κ1) is 10.5. The predicted molar refractivity (Wildman–Crippen MR) is 56.0 cm³/mol. The molecule has 0 spiro atoms. The van der Waals surface area contributed by atoms with E-state index >= 15 is 0 Å². The first-order chi connectivity index (χ1) is 7.18. The first-order valence-corrected chi connectivity index (χ1v) is 5.93. The number of carboxylic acid groups (broad SMARTS) is 1. The van der Waals surface area contributed by atoms with Crippen molar-refractivity contribution in [1.29, 1.82) is 0 Å². The van der Waals surface area contributed by atoms with Crippen molar-refractivity contribution in [3.05, 3.63) is 5.82 Å². The Morgan fingerprint density at radius 2 is 2.33 bits per heavy atom. The normalized spacial score (nSPS) is 16.3. The molecule has 0 bridgehead atoms. The number of aliphatic carboxylic acids is 1. The van der Waals surface area contributed by atoms with Gasteiger partial charge in [0.05, 0.1) is 5.75 Å². The highest BCUT2D eigenvalue weighted by Crippen LogP contribution is 2.35. The zero-order chi connectivity index (χ0) is 10.8. The molecule has 15 heavy (non-hydrogen) atoms. The molecule has 1 aromatic rings. The highest BCUT2D eigenvalue weighted by Gasteiger charge is 2.24. The topological polar surface area (TPSA) is 68.0 Å². The smallest absolute Gasteiger partial charge is 0.313 e. The van der Waals surface area contributed by atoms with Crippen molar-refractivity contribution in [2.75, 3.05) is 5.75 Å². The monoisotopic (exact) mass is 227 g/mol. The Hall–Kier alpha value is -1.04. The summed E-state index contributed by atoms with van der Waals surface area (Å²) in [5, 5.41) is 17.3. The second-order valence-electron chi connectivity index (χ2n) is 3.67. The number of nitrogens with zero attached hydrogens (tertiary/aromatic N) is 3. The van der Waals surface area contributed by atoms with Crippen molar-refractivity contribution in [2.45, 2.75) is 37.4 Å². The van der Waals surface area contributed by atoms with Gasteiger partial charge < -0.3 is 9.67 Å². The van der Waals surface area contributed by atoms with E-state index in [0.717, 1.165) is 23.8 Å². The summed E-state index contributed by atoms with van der Waals surface area (Å²) in [7, 11) is 0. The molecule has 1 N–H and O–H groups in total. The van der Waals surface area contributed by atoms with Gasteiger partial charge in [-0.3, -0.25) is 4.79 Å². The fourth-order valence-electron chi connectivity index (χ4n) is 1.64. The Bertz CT molecular complexity index is 373. The highest BCUT2D eigenvalue weighted by molar-refractivity contribution is 7.99. The third-order valence-electron chi connectivity index (χ3n) is 2.60. The molecule has 0 aliphatic heterocycles. The van der Waals surface area contributed by atoms with Gasteiger partial charge in [0.25, 0.3) is 0 Å². The van der Waals surface area contributed by atoms with Crippen LogP contribution < -0.4 is 0 Å². The molecule has 0 radical (unpaired) electrons. The lowest BCUT2D eigenvalue weighted by atomic mass is 9.93. The second kappa shape index (κ2) is 4.22. The summed E-state index contributed by atoms with van der Waals surface area (Å²) in [5.74, 6) is 0.110. The van der Waals surface area contributed by atoms with E-state index in [2.05, 4.69) is 14.8 Å². The number of aryl methyl sites for hydroxylation is 1. The maximum atomic E-state index is 10.5. The van der Waals surface area contributed by atoms with E-state index in [1.54, 1.807) is 0 Å². The molecule has 0 aromatic carbocycles. The number of carbonyl (C=O) groups is 1. The Morgan fingerprint density at radius 1 is 1.60 bits per heavy atom. The summed E-state index contributed by atoms with van der Waals surface area (Å²) in [6.07, 6.45) is 3.55. The van der Waals surface area contributed by atoms with Gasteiger partial charge in [-0.15, -0.1) is 10.2 Å². The number of thioether (sulfide) groups is 1. The van der Waals surface area contributed by atoms with Crippen LogP contribution in [0.2, 0.25) is 0 Å². The summed E-state index contributed by atoms with van der Waals surface area (Å²) < 4.78 is 2.07. The van der Waals surface area contributed by atoms with Crippen molar-refractivity contribution in [3.8, 4) is 0 Å². The molecular formula is C9H13N3O2S.